The average molecular weight is 307 g/mol. The molecule has 2 rings (SSSR count). The van der Waals surface area contributed by atoms with Crippen LogP contribution in [0.4, 0.5) is 13.2 Å². The second-order valence-electron chi connectivity index (χ2n) is 6.67. The van der Waals surface area contributed by atoms with Crippen molar-refractivity contribution in [2.45, 2.75) is 57.3 Å². The molecule has 0 radical (unpaired) electrons. The zero-order chi connectivity index (χ0) is 15.7. The summed E-state index contributed by atoms with van der Waals surface area (Å²) in [5.74, 6) is -1.13. The summed E-state index contributed by atoms with van der Waals surface area (Å²) in [6.45, 7) is 8.67. The van der Waals surface area contributed by atoms with Crippen molar-refractivity contribution < 1.29 is 13.2 Å². The van der Waals surface area contributed by atoms with Gasteiger partial charge in [0.1, 0.15) is 0 Å². The van der Waals surface area contributed by atoms with Crippen LogP contribution in [0.2, 0.25) is 0 Å². The molecule has 0 aromatic rings. The Labute approximate surface area is 125 Å². The van der Waals surface area contributed by atoms with Crippen molar-refractivity contribution in [1.29, 1.82) is 0 Å². The average Bonchev–Trinajstić information content (AvgIpc) is 2.46. The van der Waals surface area contributed by atoms with Gasteiger partial charge >= 0.3 is 6.18 Å². The third-order valence-corrected chi connectivity index (χ3v) is 5.60. The molecule has 1 aliphatic carbocycles. The Balaban J connectivity index is 2.00. The number of rotatable bonds is 3. The zero-order valence-electron chi connectivity index (χ0n) is 13.1. The summed E-state index contributed by atoms with van der Waals surface area (Å²) in [6.07, 6.45) is -2.44. The van der Waals surface area contributed by atoms with Crippen LogP contribution in [0.25, 0.3) is 0 Å². The summed E-state index contributed by atoms with van der Waals surface area (Å²) in [7, 11) is 0. The van der Waals surface area contributed by atoms with Gasteiger partial charge in [-0.2, -0.15) is 13.2 Å². The third-order valence-electron chi connectivity index (χ3n) is 5.60. The number of alkyl halides is 3. The van der Waals surface area contributed by atoms with Crippen LogP contribution < -0.4 is 5.73 Å². The number of piperazine rings is 1. The van der Waals surface area contributed by atoms with Crippen LogP contribution in [-0.4, -0.2) is 60.3 Å². The van der Waals surface area contributed by atoms with Crippen LogP contribution in [0.5, 0.6) is 0 Å². The standard InChI is InChI=1S/C15H28F3N3/c1-3-20-8-9-21(10-12(20)2)14(11-19)6-4-13(5-7-14)15(16,17)18/h12-13H,3-11,19H2,1-2H3. The summed E-state index contributed by atoms with van der Waals surface area (Å²) < 4.78 is 38.5. The molecule has 2 aliphatic rings. The van der Waals surface area contributed by atoms with Gasteiger partial charge in [0, 0.05) is 37.8 Å². The lowest BCUT2D eigenvalue weighted by molar-refractivity contribution is -0.189. The van der Waals surface area contributed by atoms with Crippen molar-refractivity contribution in [3.63, 3.8) is 0 Å². The summed E-state index contributed by atoms with van der Waals surface area (Å²) >= 11 is 0. The van der Waals surface area contributed by atoms with Gasteiger partial charge in [0.2, 0.25) is 0 Å². The highest BCUT2D eigenvalue weighted by atomic mass is 19.4. The van der Waals surface area contributed by atoms with Gasteiger partial charge < -0.3 is 5.73 Å². The fraction of sp³-hybridized carbons (Fsp3) is 1.00. The molecule has 1 saturated heterocycles. The number of hydrogen-bond acceptors (Lipinski definition) is 3. The summed E-state index contributed by atoms with van der Waals surface area (Å²) in [5, 5.41) is 0. The Morgan fingerprint density at radius 2 is 1.81 bits per heavy atom. The third kappa shape index (κ3) is 3.54. The second kappa shape index (κ2) is 6.42. The van der Waals surface area contributed by atoms with Crippen molar-refractivity contribution in [3.8, 4) is 0 Å². The topological polar surface area (TPSA) is 32.5 Å². The molecule has 1 unspecified atom stereocenters. The Hall–Kier alpha value is -0.330. The summed E-state index contributed by atoms with van der Waals surface area (Å²) in [6, 6.07) is 0.451. The van der Waals surface area contributed by atoms with E-state index in [1.165, 1.54) is 0 Å². The van der Waals surface area contributed by atoms with Gasteiger partial charge in [-0.15, -0.1) is 0 Å². The van der Waals surface area contributed by atoms with E-state index in [-0.39, 0.29) is 18.4 Å². The molecule has 1 aliphatic heterocycles. The van der Waals surface area contributed by atoms with E-state index in [1.807, 2.05) is 0 Å². The molecular formula is C15H28F3N3. The molecule has 124 valence electrons. The van der Waals surface area contributed by atoms with E-state index < -0.39 is 12.1 Å². The first-order chi connectivity index (χ1) is 9.82. The lowest BCUT2D eigenvalue weighted by Crippen LogP contribution is -2.63. The molecule has 0 bridgehead atoms. The molecule has 0 amide bonds. The smallest absolute Gasteiger partial charge is 0.329 e. The Morgan fingerprint density at radius 3 is 2.24 bits per heavy atom. The second-order valence-corrected chi connectivity index (χ2v) is 6.67. The highest BCUT2D eigenvalue weighted by Gasteiger charge is 2.48. The maximum absolute atomic E-state index is 12.8. The quantitative estimate of drug-likeness (QED) is 0.869. The maximum Gasteiger partial charge on any atom is 0.391 e. The first-order valence-electron chi connectivity index (χ1n) is 8.08. The van der Waals surface area contributed by atoms with Gasteiger partial charge in [-0.05, 0) is 39.2 Å². The van der Waals surface area contributed by atoms with E-state index in [0.29, 0.717) is 25.4 Å². The Kier molecular flexibility index (Phi) is 5.21. The van der Waals surface area contributed by atoms with Gasteiger partial charge in [-0.3, -0.25) is 9.80 Å². The summed E-state index contributed by atoms with van der Waals surface area (Å²) in [5.41, 5.74) is 5.79. The molecule has 6 heteroatoms. The highest BCUT2D eigenvalue weighted by molar-refractivity contribution is 4.99. The lowest BCUT2D eigenvalue weighted by Gasteiger charge is -2.52. The van der Waals surface area contributed by atoms with Crippen molar-refractivity contribution >= 4 is 0 Å². The van der Waals surface area contributed by atoms with Gasteiger partial charge in [0.15, 0.2) is 0 Å². The number of hydrogen-bond donors (Lipinski definition) is 1. The van der Waals surface area contributed by atoms with Gasteiger partial charge in [-0.1, -0.05) is 6.92 Å². The zero-order valence-corrected chi connectivity index (χ0v) is 13.1. The largest absolute Gasteiger partial charge is 0.391 e. The van der Waals surface area contributed by atoms with E-state index in [2.05, 4.69) is 23.6 Å². The van der Waals surface area contributed by atoms with Crippen LogP contribution in [0.3, 0.4) is 0 Å². The first kappa shape index (κ1) is 17.0. The van der Waals surface area contributed by atoms with Crippen LogP contribution in [0, 0.1) is 5.92 Å². The maximum atomic E-state index is 12.8. The predicted molar refractivity (Wildman–Crippen MR) is 78.1 cm³/mol. The first-order valence-corrected chi connectivity index (χ1v) is 8.08. The molecule has 0 aromatic carbocycles. The molecular weight excluding hydrogens is 279 g/mol. The molecule has 0 aromatic heterocycles. The number of nitrogens with two attached hydrogens (primary N) is 1. The summed E-state index contributed by atoms with van der Waals surface area (Å²) in [4.78, 5) is 4.79. The lowest BCUT2D eigenvalue weighted by atomic mass is 9.74. The molecule has 1 atom stereocenters. The number of nitrogens with zero attached hydrogens (tertiary/aromatic N) is 2. The molecule has 2 fully saturated rings. The highest BCUT2D eigenvalue weighted by Crippen LogP contribution is 2.43. The monoisotopic (exact) mass is 307 g/mol. The van der Waals surface area contributed by atoms with Crippen LogP contribution in [-0.2, 0) is 0 Å². The van der Waals surface area contributed by atoms with Gasteiger partial charge in [0.05, 0.1) is 5.92 Å². The Bertz CT molecular complexity index is 338. The number of halogens is 3. The van der Waals surface area contributed by atoms with Crippen molar-refractivity contribution in [2.24, 2.45) is 11.7 Å². The van der Waals surface area contributed by atoms with Crippen molar-refractivity contribution in [2.75, 3.05) is 32.7 Å². The minimum Gasteiger partial charge on any atom is -0.329 e. The molecule has 3 nitrogen and oxygen atoms in total. The SMILES string of the molecule is CCN1CCN(C2(CN)CCC(C(F)(F)F)CC2)CC1C. The van der Waals surface area contributed by atoms with E-state index >= 15 is 0 Å². The molecule has 1 heterocycles. The van der Waals surface area contributed by atoms with Gasteiger partial charge in [-0.25, -0.2) is 0 Å². The fourth-order valence-corrected chi connectivity index (χ4v) is 4.03. The molecule has 2 N–H and O–H groups in total. The van der Waals surface area contributed by atoms with E-state index in [0.717, 1.165) is 26.2 Å². The van der Waals surface area contributed by atoms with Crippen molar-refractivity contribution in [1.82, 2.24) is 9.80 Å². The van der Waals surface area contributed by atoms with Crippen molar-refractivity contribution in [3.05, 3.63) is 0 Å². The molecule has 21 heavy (non-hydrogen) atoms. The van der Waals surface area contributed by atoms with Crippen LogP contribution in [0.15, 0.2) is 0 Å². The van der Waals surface area contributed by atoms with Gasteiger partial charge in [0.25, 0.3) is 0 Å². The van der Waals surface area contributed by atoms with E-state index in [4.69, 9.17) is 5.73 Å². The number of likely N-dealkylation sites (N-methyl/N-ethyl adjacent to an activating group) is 1. The minimum absolute atomic E-state index is 0.212. The Morgan fingerprint density at radius 1 is 1.19 bits per heavy atom. The normalized spacial score (nSPS) is 36.9. The van der Waals surface area contributed by atoms with E-state index in [1.54, 1.807) is 0 Å². The fourth-order valence-electron chi connectivity index (χ4n) is 4.03. The molecule has 1 saturated carbocycles. The predicted octanol–water partition coefficient (Wildman–Crippen LogP) is 2.46. The minimum atomic E-state index is -4.05. The van der Waals surface area contributed by atoms with Crippen LogP contribution >= 0.6 is 0 Å². The molecule has 0 spiro atoms. The van der Waals surface area contributed by atoms with Crippen LogP contribution in [0.1, 0.15) is 39.5 Å². The van der Waals surface area contributed by atoms with E-state index in [9.17, 15) is 13.2 Å².